The molecule has 0 saturated carbocycles. The maximum atomic E-state index is 13.5. The molecule has 6 heteroatoms. The molecule has 0 aliphatic carbocycles. The lowest BCUT2D eigenvalue weighted by Gasteiger charge is -2.27. The summed E-state index contributed by atoms with van der Waals surface area (Å²) in [5, 5.41) is 13.9. The lowest BCUT2D eigenvalue weighted by Crippen LogP contribution is -2.36. The summed E-state index contributed by atoms with van der Waals surface area (Å²) in [6.07, 6.45) is 2.41. The number of halogens is 1. The molecule has 2 rings (SSSR count). The zero-order valence-corrected chi connectivity index (χ0v) is 11.6. The highest BCUT2D eigenvalue weighted by Crippen LogP contribution is 2.19. The Morgan fingerprint density at radius 1 is 1.55 bits per heavy atom. The number of piperidine rings is 1. The fourth-order valence-corrected chi connectivity index (χ4v) is 2.69. The van der Waals surface area contributed by atoms with E-state index < -0.39 is 16.4 Å². The summed E-state index contributed by atoms with van der Waals surface area (Å²) in [7, 11) is 1.99. The van der Waals surface area contributed by atoms with Gasteiger partial charge in [0, 0.05) is 19.2 Å². The minimum absolute atomic E-state index is 0.465. The Hall–Kier alpha value is -1.53. The zero-order chi connectivity index (χ0) is 14.5. The first kappa shape index (κ1) is 14.9. The second-order valence-corrected chi connectivity index (χ2v) is 5.45. The van der Waals surface area contributed by atoms with Crippen molar-refractivity contribution in [1.82, 2.24) is 10.2 Å². The molecule has 1 aromatic carbocycles. The first-order valence-electron chi connectivity index (χ1n) is 6.88. The van der Waals surface area contributed by atoms with Crippen LogP contribution >= 0.6 is 0 Å². The Morgan fingerprint density at radius 2 is 2.35 bits per heavy atom. The molecule has 110 valence electrons. The van der Waals surface area contributed by atoms with Gasteiger partial charge in [0.1, 0.15) is 0 Å². The monoisotopic (exact) mass is 281 g/mol. The van der Waals surface area contributed by atoms with Crippen molar-refractivity contribution in [3.63, 3.8) is 0 Å². The van der Waals surface area contributed by atoms with Gasteiger partial charge in [0.05, 0.1) is 4.92 Å². The molecule has 0 radical (unpaired) electrons. The lowest BCUT2D eigenvalue weighted by atomic mass is 9.99. The number of hydrogen-bond donors (Lipinski definition) is 1. The Bertz CT molecular complexity index is 475. The number of nitrogens with zero attached hydrogens (tertiary/aromatic N) is 2. The molecule has 1 N–H and O–H groups in total. The van der Waals surface area contributed by atoms with Gasteiger partial charge in [-0.05, 0) is 50.5 Å². The second kappa shape index (κ2) is 6.76. The lowest BCUT2D eigenvalue weighted by molar-refractivity contribution is -0.387. The van der Waals surface area contributed by atoms with E-state index in [1.807, 2.05) is 7.05 Å². The van der Waals surface area contributed by atoms with Crippen LogP contribution in [0, 0.1) is 21.8 Å². The quantitative estimate of drug-likeness (QED) is 0.664. The number of hydrogen-bond acceptors (Lipinski definition) is 4. The molecule has 0 bridgehead atoms. The zero-order valence-electron chi connectivity index (χ0n) is 11.6. The predicted molar refractivity (Wildman–Crippen MR) is 75.0 cm³/mol. The van der Waals surface area contributed by atoms with Gasteiger partial charge in [-0.2, -0.15) is 4.39 Å². The standard InChI is InChI=1S/C14H20FN3O2/c1-17(10-12-3-2-6-16-8-12)9-11-4-5-14(18(19)20)13(15)7-11/h4-5,7,12,16H,2-3,6,8-10H2,1H3. The summed E-state index contributed by atoms with van der Waals surface area (Å²) in [5.74, 6) is -0.142. The van der Waals surface area contributed by atoms with E-state index in [0.29, 0.717) is 12.5 Å². The molecule has 0 aromatic heterocycles. The van der Waals surface area contributed by atoms with Crippen LogP contribution in [0.3, 0.4) is 0 Å². The number of rotatable bonds is 5. The first-order chi connectivity index (χ1) is 9.56. The summed E-state index contributed by atoms with van der Waals surface area (Å²) < 4.78 is 13.5. The number of nitro benzene ring substituents is 1. The molecule has 1 aliphatic heterocycles. The average molecular weight is 281 g/mol. The molecule has 0 spiro atoms. The van der Waals surface area contributed by atoms with Crippen molar-refractivity contribution in [1.29, 1.82) is 0 Å². The van der Waals surface area contributed by atoms with Gasteiger partial charge in [0.25, 0.3) is 0 Å². The van der Waals surface area contributed by atoms with Crippen LogP contribution in [0.2, 0.25) is 0 Å². The third-order valence-electron chi connectivity index (χ3n) is 3.63. The SMILES string of the molecule is CN(Cc1ccc([N+](=O)[O-])c(F)c1)CC1CCCNC1. The smallest absolute Gasteiger partial charge is 0.304 e. The Balaban J connectivity index is 1.92. The number of nitro groups is 1. The third kappa shape index (κ3) is 3.98. The second-order valence-electron chi connectivity index (χ2n) is 5.45. The van der Waals surface area contributed by atoms with Gasteiger partial charge in [-0.15, -0.1) is 0 Å². The fraction of sp³-hybridized carbons (Fsp3) is 0.571. The third-order valence-corrected chi connectivity index (χ3v) is 3.63. The van der Waals surface area contributed by atoms with Gasteiger partial charge in [-0.25, -0.2) is 0 Å². The molecule has 1 heterocycles. The molecule has 1 atom stereocenters. The maximum absolute atomic E-state index is 13.5. The van der Waals surface area contributed by atoms with Gasteiger partial charge in [-0.3, -0.25) is 10.1 Å². The maximum Gasteiger partial charge on any atom is 0.304 e. The molecule has 1 aromatic rings. The van der Waals surface area contributed by atoms with Crippen molar-refractivity contribution in [2.45, 2.75) is 19.4 Å². The molecule has 1 fully saturated rings. The molecular formula is C14H20FN3O2. The van der Waals surface area contributed by atoms with E-state index >= 15 is 0 Å². The van der Waals surface area contributed by atoms with E-state index in [0.717, 1.165) is 25.2 Å². The topological polar surface area (TPSA) is 58.4 Å². The van der Waals surface area contributed by atoms with Crippen molar-refractivity contribution >= 4 is 5.69 Å². The summed E-state index contributed by atoms with van der Waals surface area (Å²) in [6.45, 7) is 3.67. The van der Waals surface area contributed by atoms with Crippen LogP contribution < -0.4 is 5.32 Å². The Labute approximate surface area is 117 Å². The fourth-order valence-electron chi connectivity index (χ4n) is 2.69. The van der Waals surface area contributed by atoms with Crippen LogP contribution in [0.1, 0.15) is 18.4 Å². The summed E-state index contributed by atoms with van der Waals surface area (Å²) in [5.41, 5.74) is 0.298. The van der Waals surface area contributed by atoms with Crippen molar-refractivity contribution in [3.8, 4) is 0 Å². The molecular weight excluding hydrogens is 261 g/mol. The van der Waals surface area contributed by atoms with Crippen molar-refractivity contribution in [3.05, 3.63) is 39.7 Å². The predicted octanol–water partition coefficient (Wildman–Crippen LogP) is 2.17. The summed E-state index contributed by atoms with van der Waals surface area (Å²) in [4.78, 5) is 12.0. The number of nitrogens with one attached hydrogen (secondary N) is 1. The van der Waals surface area contributed by atoms with Gasteiger partial charge in [0.15, 0.2) is 0 Å². The number of benzene rings is 1. The van der Waals surface area contributed by atoms with Crippen LogP contribution in [0.25, 0.3) is 0 Å². The van der Waals surface area contributed by atoms with Crippen molar-refractivity contribution in [2.75, 3.05) is 26.7 Å². The highest BCUT2D eigenvalue weighted by molar-refractivity contribution is 5.34. The molecule has 5 nitrogen and oxygen atoms in total. The Morgan fingerprint density at radius 3 is 2.95 bits per heavy atom. The van der Waals surface area contributed by atoms with Crippen LogP contribution in [0.15, 0.2) is 18.2 Å². The van der Waals surface area contributed by atoms with Crippen molar-refractivity contribution < 1.29 is 9.31 Å². The van der Waals surface area contributed by atoms with Gasteiger partial charge >= 0.3 is 5.69 Å². The molecule has 0 amide bonds. The summed E-state index contributed by atoms with van der Waals surface area (Å²) >= 11 is 0. The molecule has 1 aliphatic rings. The molecule has 1 unspecified atom stereocenters. The first-order valence-corrected chi connectivity index (χ1v) is 6.88. The molecule has 1 saturated heterocycles. The minimum Gasteiger partial charge on any atom is -0.316 e. The summed E-state index contributed by atoms with van der Waals surface area (Å²) in [6, 6.07) is 4.12. The van der Waals surface area contributed by atoms with E-state index in [-0.39, 0.29) is 0 Å². The van der Waals surface area contributed by atoms with Crippen molar-refractivity contribution in [2.24, 2.45) is 5.92 Å². The van der Waals surface area contributed by atoms with Crippen LogP contribution in [-0.2, 0) is 6.54 Å². The van der Waals surface area contributed by atoms with E-state index in [1.165, 1.54) is 25.0 Å². The normalized spacial score (nSPS) is 19.2. The average Bonchev–Trinajstić information content (AvgIpc) is 2.39. The van der Waals surface area contributed by atoms with E-state index in [4.69, 9.17) is 0 Å². The van der Waals surface area contributed by atoms with Gasteiger partial charge < -0.3 is 10.2 Å². The van der Waals surface area contributed by atoms with E-state index in [1.54, 1.807) is 6.07 Å². The highest BCUT2D eigenvalue weighted by Gasteiger charge is 2.17. The van der Waals surface area contributed by atoms with Crippen LogP contribution in [0.4, 0.5) is 10.1 Å². The minimum atomic E-state index is -0.764. The van der Waals surface area contributed by atoms with Crippen LogP contribution in [-0.4, -0.2) is 36.5 Å². The highest BCUT2D eigenvalue weighted by atomic mass is 19.1. The largest absolute Gasteiger partial charge is 0.316 e. The Kier molecular flexibility index (Phi) is 5.03. The van der Waals surface area contributed by atoms with E-state index in [2.05, 4.69) is 10.2 Å². The van der Waals surface area contributed by atoms with Gasteiger partial charge in [-0.1, -0.05) is 6.07 Å². The van der Waals surface area contributed by atoms with Gasteiger partial charge in [0.2, 0.25) is 5.82 Å². The van der Waals surface area contributed by atoms with Crippen LogP contribution in [0.5, 0.6) is 0 Å². The molecule has 20 heavy (non-hydrogen) atoms. The van der Waals surface area contributed by atoms with E-state index in [9.17, 15) is 14.5 Å².